The Balaban J connectivity index is 1.48. The molecule has 2 heterocycles. The zero-order chi connectivity index (χ0) is 24.9. The molecule has 0 aliphatic carbocycles. The summed E-state index contributed by atoms with van der Waals surface area (Å²) in [6.07, 6.45) is 1.70. The summed E-state index contributed by atoms with van der Waals surface area (Å²) >= 11 is 6.04. The zero-order valence-electron chi connectivity index (χ0n) is 19.8. The fourth-order valence-corrected chi connectivity index (χ4v) is 4.58. The molecular weight excluding hydrogens is 476 g/mol. The standard InChI is InChI=1S/C28H27ClN4O3/c29-23-8-10-24(11-9-23)33-28(35)27(26(20-30-33)32-16-14-31(15-17-32)18-19-34)36-25-12-6-22(7-13-25)21-4-2-1-3-5-21/h1-13,20,34H,14-19H2/p+1. The molecule has 0 bridgehead atoms. The quantitative estimate of drug-likeness (QED) is 0.405. The Bertz CT molecular complexity index is 1350. The van der Waals surface area contributed by atoms with E-state index in [0.717, 1.165) is 43.9 Å². The predicted octanol–water partition coefficient (Wildman–Crippen LogP) is 3.04. The molecule has 2 N–H and O–H groups in total. The van der Waals surface area contributed by atoms with Crippen LogP contribution in [0.25, 0.3) is 16.8 Å². The van der Waals surface area contributed by atoms with E-state index in [1.165, 1.54) is 9.58 Å². The Labute approximate surface area is 214 Å². The first-order chi connectivity index (χ1) is 17.6. The van der Waals surface area contributed by atoms with E-state index in [1.54, 1.807) is 30.5 Å². The van der Waals surface area contributed by atoms with Gasteiger partial charge in [-0.1, -0.05) is 54.1 Å². The Kier molecular flexibility index (Phi) is 7.32. The molecule has 0 radical (unpaired) electrons. The van der Waals surface area contributed by atoms with Crippen LogP contribution in [0.4, 0.5) is 5.69 Å². The van der Waals surface area contributed by atoms with Gasteiger partial charge in [-0.05, 0) is 47.5 Å². The SMILES string of the molecule is O=c1c(Oc2ccc(-c3ccccc3)cc2)c(N2CC[NH+](CCO)CC2)cnn1-c1ccc(Cl)cc1. The lowest BCUT2D eigenvalue weighted by atomic mass is 10.1. The van der Waals surface area contributed by atoms with Crippen molar-refractivity contribution in [3.8, 4) is 28.3 Å². The highest BCUT2D eigenvalue weighted by molar-refractivity contribution is 6.30. The largest absolute Gasteiger partial charge is 0.449 e. The normalized spacial score (nSPS) is 14.1. The molecule has 7 nitrogen and oxygen atoms in total. The molecule has 0 spiro atoms. The Morgan fingerprint density at radius 3 is 2.25 bits per heavy atom. The van der Waals surface area contributed by atoms with Gasteiger partial charge in [-0.2, -0.15) is 9.78 Å². The van der Waals surface area contributed by atoms with Crippen molar-refractivity contribution in [3.05, 3.63) is 100 Å². The molecule has 0 amide bonds. The van der Waals surface area contributed by atoms with Crippen molar-refractivity contribution in [2.45, 2.75) is 0 Å². The number of aliphatic hydroxyl groups is 1. The van der Waals surface area contributed by atoms with E-state index in [-0.39, 0.29) is 17.9 Å². The van der Waals surface area contributed by atoms with Crippen molar-refractivity contribution in [1.29, 1.82) is 0 Å². The van der Waals surface area contributed by atoms with E-state index in [9.17, 15) is 9.90 Å². The van der Waals surface area contributed by atoms with Crippen LogP contribution in [0.5, 0.6) is 11.5 Å². The van der Waals surface area contributed by atoms with Gasteiger partial charge in [0.15, 0.2) is 0 Å². The fraction of sp³-hybridized carbons (Fsp3) is 0.214. The van der Waals surface area contributed by atoms with E-state index >= 15 is 0 Å². The van der Waals surface area contributed by atoms with Gasteiger partial charge < -0.3 is 19.6 Å². The topological polar surface area (TPSA) is 72.0 Å². The first kappa shape index (κ1) is 24.1. The lowest BCUT2D eigenvalue weighted by molar-refractivity contribution is -0.900. The van der Waals surface area contributed by atoms with Crippen LogP contribution >= 0.6 is 11.6 Å². The molecule has 3 aromatic carbocycles. The van der Waals surface area contributed by atoms with Crippen molar-refractivity contribution in [2.24, 2.45) is 0 Å². The lowest BCUT2D eigenvalue weighted by Gasteiger charge is -2.33. The van der Waals surface area contributed by atoms with E-state index in [0.29, 0.717) is 22.1 Å². The predicted molar refractivity (Wildman–Crippen MR) is 142 cm³/mol. The molecule has 4 aromatic rings. The lowest BCUT2D eigenvalue weighted by Crippen LogP contribution is -3.15. The van der Waals surface area contributed by atoms with Crippen molar-refractivity contribution in [1.82, 2.24) is 9.78 Å². The molecule has 0 unspecified atom stereocenters. The number of aliphatic hydroxyl groups excluding tert-OH is 1. The maximum absolute atomic E-state index is 13.7. The summed E-state index contributed by atoms with van der Waals surface area (Å²) < 4.78 is 7.59. The van der Waals surface area contributed by atoms with Gasteiger partial charge in [0.05, 0.1) is 44.7 Å². The number of nitrogens with zero attached hydrogens (tertiary/aromatic N) is 3. The molecule has 0 saturated carbocycles. The monoisotopic (exact) mass is 503 g/mol. The minimum absolute atomic E-state index is 0.168. The molecule has 1 aromatic heterocycles. The Morgan fingerprint density at radius 1 is 0.917 bits per heavy atom. The molecule has 1 saturated heterocycles. The molecule has 0 atom stereocenters. The number of aromatic nitrogens is 2. The first-order valence-corrected chi connectivity index (χ1v) is 12.4. The number of halogens is 1. The van der Waals surface area contributed by atoms with Gasteiger partial charge >= 0.3 is 5.56 Å². The molecule has 1 aliphatic heterocycles. The number of rotatable bonds is 7. The van der Waals surface area contributed by atoms with Crippen molar-refractivity contribution in [3.63, 3.8) is 0 Å². The highest BCUT2D eigenvalue weighted by Gasteiger charge is 2.25. The van der Waals surface area contributed by atoms with Crippen molar-refractivity contribution < 1.29 is 14.7 Å². The third-order valence-electron chi connectivity index (χ3n) is 6.44. The summed E-state index contributed by atoms with van der Waals surface area (Å²) in [5.41, 5.74) is 3.12. The van der Waals surface area contributed by atoms with E-state index in [4.69, 9.17) is 16.3 Å². The second-order valence-corrected chi connectivity index (χ2v) is 9.19. The van der Waals surface area contributed by atoms with Crippen LogP contribution in [0, 0.1) is 0 Å². The van der Waals surface area contributed by atoms with Crippen LogP contribution in [-0.2, 0) is 0 Å². The summed E-state index contributed by atoms with van der Waals surface area (Å²) in [4.78, 5) is 17.1. The number of piperazine rings is 1. The van der Waals surface area contributed by atoms with Crippen molar-refractivity contribution >= 4 is 17.3 Å². The number of ether oxygens (including phenoxy) is 1. The summed E-state index contributed by atoms with van der Waals surface area (Å²) in [5, 5.41) is 14.3. The number of nitrogens with one attached hydrogen (secondary N) is 1. The van der Waals surface area contributed by atoms with Crippen LogP contribution in [0.2, 0.25) is 5.02 Å². The molecular formula is C28H28ClN4O3+. The van der Waals surface area contributed by atoms with Gasteiger partial charge in [0.2, 0.25) is 5.75 Å². The maximum atomic E-state index is 13.7. The number of anilines is 1. The van der Waals surface area contributed by atoms with Gasteiger partial charge in [0.25, 0.3) is 0 Å². The molecule has 5 rings (SSSR count). The Morgan fingerprint density at radius 2 is 1.58 bits per heavy atom. The first-order valence-electron chi connectivity index (χ1n) is 12.0. The zero-order valence-corrected chi connectivity index (χ0v) is 20.6. The van der Waals surface area contributed by atoms with Gasteiger partial charge in [-0.3, -0.25) is 4.79 Å². The molecule has 184 valence electrons. The molecule has 1 fully saturated rings. The van der Waals surface area contributed by atoms with Gasteiger partial charge in [0, 0.05) is 5.02 Å². The third kappa shape index (κ3) is 5.28. The third-order valence-corrected chi connectivity index (χ3v) is 6.70. The van der Waals surface area contributed by atoms with E-state index < -0.39 is 0 Å². The van der Waals surface area contributed by atoms with Gasteiger partial charge in [0.1, 0.15) is 18.0 Å². The summed E-state index contributed by atoms with van der Waals surface area (Å²) in [5.74, 6) is 0.810. The van der Waals surface area contributed by atoms with Crippen LogP contribution in [0.15, 0.2) is 89.9 Å². The van der Waals surface area contributed by atoms with Crippen molar-refractivity contribution in [2.75, 3.05) is 44.2 Å². The fourth-order valence-electron chi connectivity index (χ4n) is 4.45. The van der Waals surface area contributed by atoms with Crippen LogP contribution in [0.1, 0.15) is 0 Å². The van der Waals surface area contributed by atoms with Crippen LogP contribution < -0.4 is 20.1 Å². The van der Waals surface area contributed by atoms with Gasteiger partial charge in [-0.15, -0.1) is 0 Å². The second kappa shape index (κ2) is 11.0. The average molecular weight is 504 g/mol. The smallest absolute Gasteiger partial charge is 0.316 e. The second-order valence-electron chi connectivity index (χ2n) is 8.76. The minimum Gasteiger partial charge on any atom is -0.449 e. The summed E-state index contributed by atoms with van der Waals surface area (Å²) in [6, 6.07) is 24.8. The molecule has 1 aliphatic rings. The van der Waals surface area contributed by atoms with E-state index in [2.05, 4.69) is 22.1 Å². The maximum Gasteiger partial charge on any atom is 0.316 e. The highest BCUT2D eigenvalue weighted by Crippen LogP contribution is 2.30. The minimum atomic E-state index is -0.341. The number of hydrogen-bond donors (Lipinski definition) is 2. The van der Waals surface area contributed by atoms with Gasteiger partial charge in [-0.25, -0.2) is 0 Å². The molecule has 36 heavy (non-hydrogen) atoms. The Hall–Kier alpha value is -3.65. The number of benzene rings is 3. The highest BCUT2D eigenvalue weighted by atomic mass is 35.5. The van der Waals surface area contributed by atoms with Crippen LogP contribution in [0.3, 0.4) is 0 Å². The van der Waals surface area contributed by atoms with Crippen LogP contribution in [-0.4, -0.2) is 54.2 Å². The molecule has 8 heteroatoms. The summed E-state index contributed by atoms with van der Waals surface area (Å²) in [6.45, 7) is 4.11. The number of quaternary nitrogens is 1. The number of hydrogen-bond acceptors (Lipinski definition) is 5. The average Bonchev–Trinajstić information content (AvgIpc) is 2.92. The van der Waals surface area contributed by atoms with E-state index in [1.807, 2.05) is 42.5 Å². The summed E-state index contributed by atoms with van der Waals surface area (Å²) in [7, 11) is 0.